The molecule has 1 unspecified atom stereocenters. The van der Waals surface area contributed by atoms with Gasteiger partial charge in [-0.2, -0.15) is 0 Å². The lowest BCUT2D eigenvalue weighted by Gasteiger charge is -2.16. The van der Waals surface area contributed by atoms with E-state index in [9.17, 15) is 4.57 Å². The van der Waals surface area contributed by atoms with E-state index in [1.165, 1.54) is 0 Å². The second-order valence-electron chi connectivity index (χ2n) is 2.94. The summed E-state index contributed by atoms with van der Waals surface area (Å²) in [4.78, 5) is 0. The van der Waals surface area contributed by atoms with Crippen molar-refractivity contribution in [2.24, 2.45) is 0 Å². The van der Waals surface area contributed by atoms with E-state index in [4.69, 9.17) is 9.05 Å². The van der Waals surface area contributed by atoms with Crippen LogP contribution in [0.5, 0.6) is 0 Å². The molecule has 0 aromatic rings. The molecule has 0 heterocycles. The van der Waals surface area contributed by atoms with Crippen LogP contribution in [0.4, 0.5) is 0 Å². The molecule has 0 aliphatic carbocycles. The Balaban J connectivity index is 3.92. The van der Waals surface area contributed by atoms with Crippen LogP contribution in [0, 0.1) is 0 Å². The Kier molecular flexibility index (Phi) is 7.63. The number of unbranched alkanes of at least 4 members (excludes halogenated alkanes) is 1. The quantitative estimate of drug-likeness (QED) is 0.573. The average Bonchev–Trinajstić information content (AvgIpc) is 2.12. The van der Waals surface area contributed by atoms with Crippen molar-refractivity contribution >= 4 is 7.60 Å². The van der Waals surface area contributed by atoms with Crippen molar-refractivity contribution in [2.75, 3.05) is 19.4 Å². The van der Waals surface area contributed by atoms with E-state index in [2.05, 4.69) is 6.92 Å². The Morgan fingerprint density at radius 1 is 1.08 bits per heavy atom. The highest BCUT2D eigenvalue weighted by molar-refractivity contribution is 7.53. The summed E-state index contributed by atoms with van der Waals surface area (Å²) in [5.74, 6) is 0. The smallest absolute Gasteiger partial charge is 0.309 e. The van der Waals surface area contributed by atoms with Gasteiger partial charge in [-0.15, -0.1) is 0 Å². The van der Waals surface area contributed by atoms with Crippen LogP contribution in [0.1, 0.15) is 40.0 Å². The number of rotatable bonds is 8. The summed E-state index contributed by atoms with van der Waals surface area (Å²) in [7, 11) is -2.75. The van der Waals surface area contributed by atoms with Crippen LogP contribution in [-0.4, -0.2) is 19.4 Å². The van der Waals surface area contributed by atoms with E-state index in [1.807, 2.05) is 13.8 Å². The van der Waals surface area contributed by atoms with E-state index in [0.29, 0.717) is 19.4 Å². The van der Waals surface area contributed by atoms with Gasteiger partial charge in [0.1, 0.15) is 0 Å². The monoisotopic (exact) mass is 208 g/mol. The second-order valence-corrected chi connectivity index (χ2v) is 5.12. The largest absolute Gasteiger partial charge is 0.330 e. The molecule has 0 amide bonds. The Labute approximate surface area is 81.3 Å². The molecule has 0 aliphatic heterocycles. The first-order chi connectivity index (χ1) is 6.18. The Hall–Kier alpha value is 0.150. The summed E-state index contributed by atoms with van der Waals surface area (Å²) in [6.07, 6.45) is 3.36. The maximum atomic E-state index is 11.9. The molecule has 0 aliphatic rings. The van der Waals surface area contributed by atoms with Crippen LogP contribution in [0.15, 0.2) is 0 Å². The van der Waals surface area contributed by atoms with Crippen LogP contribution >= 0.6 is 7.60 Å². The third-order valence-electron chi connectivity index (χ3n) is 1.60. The van der Waals surface area contributed by atoms with Crippen LogP contribution in [0.3, 0.4) is 0 Å². The maximum Gasteiger partial charge on any atom is 0.330 e. The fourth-order valence-electron chi connectivity index (χ4n) is 0.945. The molecule has 0 spiro atoms. The Morgan fingerprint density at radius 3 is 2.23 bits per heavy atom. The van der Waals surface area contributed by atoms with Gasteiger partial charge in [-0.3, -0.25) is 4.57 Å². The Morgan fingerprint density at radius 2 is 1.77 bits per heavy atom. The molecule has 0 fully saturated rings. The minimum Gasteiger partial charge on any atom is -0.309 e. The fourth-order valence-corrected chi connectivity index (χ4v) is 2.84. The molecule has 80 valence electrons. The van der Waals surface area contributed by atoms with Gasteiger partial charge in [0.05, 0.1) is 19.4 Å². The van der Waals surface area contributed by atoms with Crippen molar-refractivity contribution < 1.29 is 13.6 Å². The highest BCUT2D eigenvalue weighted by Crippen LogP contribution is 2.48. The molecule has 4 heteroatoms. The van der Waals surface area contributed by atoms with E-state index < -0.39 is 7.60 Å². The average molecular weight is 208 g/mol. The first-order valence-corrected chi connectivity index (χ1v) is 6.79. The molecular formula is C9H21O3P. The zero-order valence-electron chi connectivity index (χ0n) is 8.91. The molecule has 0 radical (unpaired) electrons. The lowest BCUT2D eigenvalue weighted by Crippen LogP contribution is -2.00. The minimum atomic E-state index is -2.75. The van der Waals surface area contributed by atoms with Crippen LogP contribution in [-0.2, 0) is 13.6 Å². The predicted octanol–water partition coefficient (Wildman–Crippen LogP) is 3.44. The van der Waals surface area contributed by atoms with Gasteiger partial charge in [0.25, 0.3) is 0 Å². The van der Waals surface area contributed by atoms with Crippen molar-refractivity contribution in [3.63, 3.8) is 0 Å². The van der Waals surface area contributed by atoms with Crippen molar-refractivity contribution in [1.82, 2.24) is 0 Å². The van der Waals surface area contributed by atoms with Gasteiger partial charge in [-0.25, -0.2) is 0 Å². The highest BCUT2D eigenvalue weighted by Gasteiger charge is 2.22. The standard InChI is InChI=1S/C9H21O3P/c1-4-7-9-13(10,11-6-3)12-8-5-2/h4-9H2,1-3H3. The molecule has 0 N–H and O–H groups in total. The van der Waals surface area contributed by atoms with E-state index in [-0.39, 0.29) is 0 Å². The minimum absolute atomic E-state index is 0.463. The summed E-state index contributed by atoms with van der Waals surface area (Å²) in [6.45, 7) is 6.89. The summed E-state index contributed by atoms with van der Waals surface area (Å²) in [5.41, 5.74) is 0. The topological polar surface area (TPSA) is 35.5 Å². The third kappa shape index (κ3) is 6.25. The summed E-state index contributed by atoms with van der Waals surface area (Å²) < 4.78 is 22.3. The van der Waals surface area contributed by atoms with Crippen LogP contribution in [0.2, 0.25) is 0 Å². The van der Waals surface area contributed by atoms with Gasteiger partial charge in [-0.1, -0.05) is 20.3 Å². The molecular weight excluding hydrogens is 187 g/mol. The van der Waals surface area contributed by atoms with Crippen molar-refractivity contribution in [3.05, 3.63) is 0 Å². The lowest BCUT2D eigenvalue weighted by atomic mass is 10.4. The lowest BCUT2D eigenvalue weighted by molar-refractivity contribution is 0.211. The molecule has 0 rings (SSSR count). The van der Waals surface area contributed by atoms with Gasteiger partial charge >= 0.3 is 7.60 Å². The molecule has 0 saturated carbocycles. The maximum absolute atomic E-state index is 11.9. The number of hydrogen-bond donors (Lipinski definition) is 0. The third-order valence-corrected chi connectivity index (χ3v) is 3.69. The van der Waals surface area contributed by atoms with Crippen LogP contribution < -0.4 is 0 Å². The zero-order chi connectivity index (χ0) is 10.2. The second kappa shape index (κ2) is 7.54. The fraction of sp³-hybridized carbons (Fsp3) is 1.00. The van der Waals surface area contributed by atoms with E-state index in [1.54, 1.807) is 0 Å². The molecule has 0 saturated heterocycles. The van der Waals surface area contributed by atoms with Crippen molar-refractivity contribution in [1.29, 1.82) is 0 Å². The molecule has 0 aromatic heterocycles. The summed E-state index contributed by atoms with van der Waals surface area (Å²) >= 11 is 0. The van der Waals surface area contributed by atoms with E-state index >= 15 is 0 Å². The predicted molar refractivity (Wildman–Crippen MR) is 55.3 cm³/mol. The van der Waals surface area contributed by atoms with Gasteiger partial charge in [0.2, 0.25) is 0 Å². The molecule has 0 aromatic carbocycles. The SMILES string of the molecule is CCCCP(=O)(OCC)OCCC. The first-order valence-electron chi connectivity index (χ1n) is 5.06. The molecule has 3 nitrogen and oxygen atoms in total. The van der Waals surface area contributed by atoms with E-state index in [0.717, 1.165) is 19.3 Å². The Bertz CT molecular complexity index is 147. The van der Waals surface area contributed by atoms with Gasteiger partial charge < -0.3 is 9.05 Å². The summed E-state index contributed by atoms with van der Waals surface area (Å²) in [6, 6.07) is 0. The van der Waals surface area contributed by atoms with Gasteiger partial charge in [0.15, 0.2) is 0 Å². The zero-order valence-corrected chi connectivity index (χ0v) is 9.81. The molecule has 0 bridgehead atoms. The van der Waals surface area contributed by atoms with Gasteiger partial charge in [-0.05, 0) is 19.8 Å². The van der Waals surface area contributed by atoms with Crippen LogP contribution in [0.25, 0.3) is 0 Å². The van der Waals surface area contributed by atoms with Crippen molar-refractivity contribution in [2.45, 2.75) is 40.0 Å². The van der Waals surface area contributed by atoms with Gasteiger partial charge in [0, 0.05) is 0 Å². The number of hydrogen-bond acceptors (Lipinski definition) is 3. The first kappa shape index (κ1) is 13.2. The normalized spacial score (nSPS) is 15.6. The highest BCUT2D eigenvalue weighted by atomic mass is 31.2. The molecule has 1 atom stereocenters. The van der Waals surface area contributed by atoms with Crippen molar-refractivity contribution in [3.8, 4) is 0 Å². The molecule has 13 heavy (non-hydrogen) atoms. The summed E-state index contributed by atoms with van der Waals surface area (Å²) in [5, 5.41) is 0.